The first kappa shape index (κ1) is 28.8. The highest BCUT2D eigenvalue weighted by Gasteiger charge is 2.48. The van der Waals surface area contributed by atoms with E-state index in [0.717, 1.165) is 5.57 Å². The number of carbonyl (C=O) groups excluding carboxylic acids is 4. The highest BCUT2D eigenvalue weighted by molar-refractivity contribution is 6.16. The average molecular weight is 501 g/mol. The van der Waals surface area contributed by atoms with Crippen LogP contribution in [0.1, 0.15) is 64.7 Å². The van der Waals surface area contributed by atoms with Crippen molar-refractivity contribution in [2.45, 2.75) is 67.2 Å². The average Bonchev–Trinajstić information content (AvgIpc) is 2.82. The van der Waals surface area contributed by atoms with E-state index >= 15 is 0 Å². The van der Waals surface area contributed by atoms with Gasteiger partial charge >= 0.3 is 0 Å². The van der Waals surface area contributed by atoms with E-state index in [-0.39, 0.29) is 47.3 Å². The maximum absolute atomic E-state index is 13.4. The topological polar surface area (TPSA) is 149 Å². The fourth-order valence-electron chi connectivity index (χ4n) is 4.48. The number of carbonyl (C=O) groups is 4. The van der Waals surface area contributed by atoms with Crippen molar-refractivity contribution in [3.63, 3.8) is 0 Å². The third kappa shape index (κ3) is 5.53. The van der Waals surface area contributed by atoms with E-state index in [1.165, 1.54) is 13.8 Å². The molecule has 0 saturated carbocycles. The molecule has 1 unspecified atom stereocenters. The summed E-state index contributed by atoms with van der Waals surface area (Å²) in [6, 6.07) is 0. The van der Waals surface area contributed by atoms with Gasteiger partial charge in [0.1, 0.15) is 35.6 Å². The lowest BCUT2D eigenvalue weighted by molar-refractivity contribution is -0.139. The van der Waals surface area contributed by atoms with Gasteiger partial charge in [0.05, 0.1) is 11.3 Å². The normalized spacial score (nSPS) is 19.1. The number of aliphatic hydroxyl groups excluding tert-OH is 1. The van der Waals surface area contributed by atoms with Crippen molar-refractivity contribution in [2.75, 3.05) is 0 Å². The molecule has 0 fully saturated rings. The molecule has 0 bridgehead atoms. The van der Waals surface area contributed by atoms with E-state index in [2.05, 4.69) is 0 Å². The van der Waals surface area contributed by atoms with Gasteiger partial charge in [0, 0.05) is 40.5 Å². The lowest BCUT2D eigenvalue weighted by atomic mass is 9.67. The van der Waals surface area contributed by atoms with Crippen molar-refractivity contribution in [1.29, 1.82) is 0 Å². The molecule has 0 spiro atoms. The van der Waals surface area contributed by atoms with Gasteiger partial charge < -0.3 is 30.0 Å². The molecule has 2 rings (SSSR count). The van der Waals surface area contributed by atoms with E-state index in [1.807, 2.05) is 13.8 Å². The first-order chi connectivity index (χ1) is 16.7. The predicted octanol–water partition coefficient (Wildman–Crippen LogP) is 4.06. The van der Waals surface area contributed by atoms with Gasteiger partial charge in [0.15, 0.2) is 11.6 Å². The first-order valence-corrected chi connectivity index (χ1v) is 12.0. The fraction of sp³-hybridized carbons (Fsp3) is 0.500. The zero-order valence-corrected chi connectivity index (χ0v) is 21.7. The van der Waals surface area contributed by atoms with Crippen molar-refractivity contribution in [3.05, 3.63) is 39.7 Å². The highest BCUT2D eigenvalue weighted by atomic mass is 16.3. The number of allylic oxidation sites excluding steroid dienone is 4. The number of rotatable bonds is 10. The van der Waals surface area contributed by atoms with E-state index in [4.69, 9.17) is 0 Å². The quantitative estimate of drug-likeness (QED) is 0.213. The van der Waals surface area contributed by atoms with Crippen LogP contribution in [0.25, 0.3) is 0 Å². The monoisotopic (exact) mass is 500 g/mol. The number of hydrogen-bond acceptors (Lipinski definition) is 8. The summed E-state index contributed by atoms with van der Waals surface area (Å²) in [6.45, 7) is 9.83. The first-order valence-electron chi connectivity index (χ1n) is 12.0. The van der Waals surface area contributed by atoms with Crippen LogP contribution in [-0.2, 0) is 38.4 Å². The molecule has 0 aromatic heterocycles. The van der Waals surface area contributed by atoms with Gasteiger partial charge in [0.25, 0.3) is 0 Å². The van der Waals surface area contributed by atoms with Gasteiger partial charge in [-0.05, 0) is 47.0 Å². The Morgan fingerprint density at radius 1 is 0.889 bits per heavy atom. The van der Waals surface area contributed by atoms with Crippen molar-refractivity contribution >= 4 is 24.1 Å². The Hall–Kier alpha value is -3.42. The Labute approximate surface area is 211 Å². The molecule has 1 aliphatic rings. The lowest BCUT2D eigenvalue weighted by Crippen LogP contribution is -2.44. The Morgan fingerprint density at radius 2 is 1.42 bits per heavy atom. The summed E-state index contributed by atoms with van der Waals surface area (Å²) in [7, 11) is 0. The van der Waals surface area contributed by atoms with Crippen LogP contribution in [0.3, 0.4) is 0 Å². The minimum atomic E-state index is -1.42. The SMILES string of the molecule is CC(C)=CCc1c(O)c(CC2=C(O)C(C)(C)C(=O)C(C[C@@H](C)C=O)C2=O)c(O)c(C[C@@H](C)C=O)c1O. The number of Topliss-reactive ketones (excluding diaryl/α,β-unsaturated/α-hetero) is 2. The number of aldehydes is 2. The third-order valence-electron chi connectivity index (χ3n) is 6.81. The Balaban J connectivity index is 2.74. The minimum Gasteiger partial charge on any atom is -0.511 e. The number of hydrogen-bond donors (Lipinski definition) is 4. The third-order valence-corrected chi connectivity index (χ3v) is 6.81. The maximum Gasteiger partial charge on any atom is 0.173 e. The summed E-state index contributed by atoms with van der Waals surface area (Å²) in [6.07, 6.45) is 2.77. The van der Waals surface area contributed by atoms with Crippen LogP contribution < -0.4 is 0 Å². The number of aromatic hydroxyl groups is 3. The molecule has 1 aliphatic carbocycles. The van der Waals surface area contributed by atoms with Gasteiger partial charge in [-0.1, -0.05) is 25.5 Å². The Bertz CT molecular complexity index is 1130. The molecule has 0 heterocycles. The Kier molecular flexibility index (Phi) is 8.88. The number of ketones is 2. The number of phenolic OH excluding ortho intramolecular Hbond substituents is 3. The summed E-state index contributed by atoms with van der Waals surface area (Å²) < 4.78 is 0. The van der Waals surface area contributed by atoms with E-state index in [0.29, 0.717) is 12.6 Å². The molecule has 4 N–H and O–H groups in total. The molecular formula is C28H36O8. The highest BCUT2D eigenvalue weighted by Crippen LogP contribution is 2.47. The molecule has 1 aromatic carbocycles. The van der Waals surface area contributed by atoms with Gasteiger partial charge in [0.2, 0.25) is 0 Å². The van der Waals surface area contributed by atoms with Gasteiger partial charge in [-0.3, -0.25) is 9.59 Å². The van der Waals surface area contributed by atoms with Crippen molar-refractivity contribution < 1.29 is 39.6 Å². The molecule has 0 saturated heterocycles. The second-order valence-corrected chi connectivity index (χ2v) is 10.5. The zero-order valence-electron chi connectivity index (χ0n) is 21.7. The number of aliphatic hydroxyl groups is 1. The fourth-order valence-corrected chi connectivity index (χ4v) is 4.48. The van der Waals surface area contributed by atoms with Crippen LogP contribution in [0.5, 0.6) is 17.2 Å². The number of benzene rings is 1. The standard InChI is InChI=1S/C28H36O8/c1-14(2)7-8-17-22(31)18(9-15(3)12-29)24(33)19(23(17)32)11-21-25(34)20(10-16(4)13-30)26(35)28(5,6)27(21)36/h7,12-13,15-16,20,31-33,36H,8-11H2,1-6H3/t15-,16-,20?/m1/s1. The van der Waals surface area contributed by atoms with Crippen LogP contribution in [0.15, 0.2) is 23.0 Å². The van der Waals surface area contributed by atoms with Crippen molar-refractivity contribution in [1.82, 2.24) is 0 Å². The second kappa shape index (κ2) is 11.1. The molecule has 36 heavy (non-hydrogen) atoms. The van der Waals surface area contributed by atoms with Gasteiger partial charge in [-0.15, -0.1) is 0 Å². The molecular weight excluding hydrogens is 464 g/mol. The van der Waals surface area contributed by atoms with Crippen LogP contribution in [-0.4, -0.2) is 44.6 Å². The van der Waals surface area contributed by atoms with Gasteiger partial charge in [-0.25, -0.2) is 0 Å². The van der Waals surface area contributed by atoms with Crippen LogP contribution in [0.2, 0.25) is 0 Å². The Morgan fingerprint density at radius 3 is 1.94 bits per heavy atom. The van der Waals surface area contributed by atoms with E-state index < -0.39 is 58.4 Å². The van der Waals surface area contributed by atoms with Crippen LogP contribution in [0.4, 0.5) is 0 Å². The largest absolute Gasteiger partial charge is 0.511 e. The smallest absolute Gasteiger partial charge is 0.173 e. The molecule has 1 aromatic rings. The zero-order chi connectivity index (χ0) is 27.5. The molecule has 8 heteroatoms. The summed E-state index contributed by atoms with van der Waals surface area (Å²) in [5, 5.41) is 43.9. The predicted molar refractivity (Wildman–Crippen MR) is 134 cm³/mol. The van der Waals surface area contributed by atoms with Crippen LogP contribution in [0, 0.1) is 23.2 Å². The van der Waals surface area contributed by atoms with Crippen molar-refractivity contribution in [2.24, 2.45) is 23.2 Å². The lowest BCUT2D eigenvalue weighted by Gasteiger charge is -2.34. The molecule has 0 radical (unpaired) electrons. The molecule has 0 amide bonds. The van der Waals surface area contributed by atoms with E-state index in [9.17, 15) is 39.6 Å². The number of phenols is 3. The summed E-state index contributed by atoms with van der Waals surface area (Å²) >= 11 is 0. The van der Waals surface area contributed by atoms with Crippen LogP contribution >= 0.6 is 0 Å². The van der Waals surface area contributed by atoms with E-state index in [1.54, 1.807) is 19.9 Å². The molecule has 8 nitrogen and oxygen atoms in total. The molecule has 196 valence electrons. The second-order valence-electron chi connectivity index (χ2n) is 10.5. The van der Waals surface area contributed by atoms with Crippen molar-refractivity contribution in [3.8, 4) is 17.2 Å². The van der Waals surface area contributed by atoms with Gasteiger partial charge in [-0.2, -0.15) is 0 Å². The molecule has 0 aliphatic heterocycles. The summed E-state index contributed by atoms with van der Waals surface area (Å²) in [5.74, 6) is -5.20. The minimum absolute atomic E-state index is 0.0152. The molecule has 3 atom stereocenters. The summed E-state index contributed by atoms with van der Waals surface area (Å²) in [5.41, 5.74) is -0.590. The summed E-state index contributed by atoms with van der Waals surface area (Å²) in [4.78, 5) is 48.8. The maximum atomic E-state index is 13.4.